The molecule has 22 heavy (non-hydrogen) atoms. The molecule has 1 heterocycles. The van der Waals surface area contributed by atoms with Gasteiger partial charge < -0.3 is 10.1 Å². The number of aryl methyl sites for hydroxylation is 2. The van der Waals surface area contributed by atoms with Gasteiger partial charge in [0.2, 0.25) is 5.91 Å². The number of nitrogens with one attached hydrogen (secondary N) is 1. The third-order valence-electron chi connectivity index (χ3n) is 3.20. The average molecular weight is 322 g/mol. The fourth-order valence-electron chi connectivity index (χ4n) is 1.96. The molecule has 6 nitrogen and oxygen atoms in total. The molecule has 118 valence electrons. The summed E-state index contributed by atoms with van der Waals surface area (Å²) in [5, 5.41) is 2.38. The lowest BCUT2D eigenvalue weighted by atomic mass is 10.1. The van der Waals surface area contributed by atoms with Crippen molar-refractivity contribution in [2.24, 2.45) is 0 Å². The molecule has 3 amide bonds. The number of rotatable bonds is 6. The molecule has 1 N–H and O–H groups in total. The molecule has 0 aliphatic carbocycles. The van der Waals surface area contributed by atoms with E-state index in [2.05, 4.69) is 5.32 Å². The van der Waals surface area contributed by atoms with Gasteiger partial charge in [-0.15, -0.1) is 0 Å². The van der Waals surface area contributed by atoms with E-state index in [0.717, 1.165) is 27.8 Å². The Kier molecular flexibility index (Phi) is 5.43. The van der Waals surface area contributed by atoms with Gasteiger partial charge in [0.25, 0.3) is 11.1 Å². The molecule has 0 unspecified atom stereocenters. The van der Waals surface area contributed by atoms with Crippen LogP contribution in [0.1, 0.15) is 11.1 Å². The minimum atomic E-state index is -0.285. The summed E-state index contributed by atoms with van der Waals surface area (Å²) in [7, 11) is 0. The van der Waals surface area contributed by atoms with Gasteiger partial charge >= 0.3 is 0 Å². The number of hydrogen-bond donors (Lipinski definition) is 1. The van der Waals surface area contributed by atoms with Crippen molar-refractivity contribution in [3.8, 4) is 5.75 Å². The van der Waals surface area contributed by atoms with E-state index >= 15 is 0 Å². The van der Waals surface area contributed by atoms with Crippen LogP contribution in [-0.4, -0.2) is 47.4 Å². The predicted octanol–water partition coefficient (Wildman–Crippen LogP) is 1.49. The second-order valence-electron chi connectivity index (χ2n) is 5.01. The standard InChI is InChI=1S/C15H18N2O4S/c1-10-3-4-11(2)12(7-10)21-8-13(18)16-5-6-17-14(19)9-22-15(17)20/h3-4,7H,5-6,8-9H2,1-2H3,(H,16,18). The van der Waals surface area contributed by atoms with E-state index < -0.39 is 0 Å². The minimum Gasteiger partial charge on any atom is -0.483 e. The number of nitrogens with zero attached hydrogens (tertiary/aromatic N) is 1. The summed E-state index contributed by atoms with van der Waals surface area (Å²) in [6.45, 7) is 4.19. The number of carbonyl (C=O) groups excluding carboxylic acids is 3. The molecular weight excluding hydrogens is 304 g/mol. The Hall–Kier alpha value is -2.02. The number of carbonyl (C=O) groups is 3. The van der Waals surface area contributed by atoms with Gasteiger partial charge in [0, 0.05) is 13.1 Å². The maximum atomic E-state index is 11.7. The monoisotopic (exact) mass is 322 g/mol. The number of imide groups is 1. The SMILES string of the molecule is Cc1ccc(C)c(OCC(=O)NCCN2C(=O)CSC2=O)c1. The molecule has 1 saturated heterocycles. The van der Waals surface area contributed by atoms with E-state index in [1.807, 2.05) is 32.0 Å². The van der Waals surface area contributed by atoms with Crippen molar-refractivity contribution in [2.75, 3.05) is 25.4 Å². The molecular formula is C15H18N2O4S. The number of amides is 3. The van der Waals surface area contributed by atoms with E-state index in [1.54, 1.807) is 0 Å². The van der Waals surface area contributed by atoms with Crippen LogP contribution in [0.5, 0.6) is 5.75 Å². The quantitative estimate of drug-likeness (QED) is 0.859. The first-order valence-corrected chi connectivity index (χ1v) is 7.90. The first-order chi connectivity index (χ1) is 10.5. The van der Waals surface area contributed by atoms with Gasteiger partial charge in [-0.1, -0.05) is 23.9 Å². The van der Waals surface area contributed by atoms with Crippen LogP contribution in [0.2, 0.25) is 0 Å². The summed E-state index contributed by atoms with van der Waals surface area (Å²) in [6, 6.07) is 5.79. The molecule has 0 bridgehead atoms. The highest BCUT2D eigenvalue weighted by Gasteiger charge is 2.29. The zero-order valence-corrected chi connectivity index (χ0v) is 13.4. The number of thioether (sulfide) groups is 1. The van der Waals surface area contributed by atoms with Crippen molar-refractivity contribution in [3.05, 3.63) is 29.3 Å². The van der Waals surface area contributed by atoms with Crippen LogP contribution in [-0.2, 0) is 9.59 Å². The molecule has 0 atom stereocenters. The molecule has 1 aliphatic heterocycles. The van der Waals surface area contributed by atoms with E-state index in [-0.39, 0.29) is 42.5 Å². The van der Waals surface area contributed by atoms with Gasteiger partial charge in [0.15, 0.2) is 6.61 Å². The topological polar surface area (TPSA) is 75.7 Å². The Morgan fingerprint density at radius 1 is 1.36 bits per heavy atom. The van der Waals surface area contributed by atoms with Crippen LogP contribution in [0.25, 0.3) is 0 Å². The largest absolute Gasteiger partial charge is 0.483 e. The van der Waals surface area contributed by atoms with E-state index in [4.69, 9.17) is 4.74 Å². The van der Waals surface area contributed by atoms with Gasteiger partial charge in [-0.2, -0.15) is 0 Å². The Bertz CT molecular complexity index is 587. The van der Waals surface area contributed by atoms with E-state index in [9.17, 15) is 14.4 Å². The highest BCUT2D eigenvalue weighted by molar-refractivity contribution is 8.14. The second-order valence-corrected chi connectivity index (χ2v) is 5.93. The average Bonchev–Trinajstić information content (AvgIpc) is 2.80. The molecule has 0 saturated carbocycles. The maximum absolute atomic E-state index is 11.7. The van der Waals surface area contributed by atoms with Gasteiger partial charge in [-0.25, -0.2) is 0 Å². The Labute approximate surface area is 133 Å². The zero-order chi connectivity index (χ0) is 16.1. The second kappa shape index (κ2) is 7.31. The summed E-state index contributed by atoms with van der Waals surface area (Å²) in [6.07, 6.45) is 0. The van der Waals surface area contributed by atoms with Gasteiger partial charge in [0.05, 0.1) is 5.75 Å². The van der Waals surface area contributed by atoms with E-state index in [1.165, 1.54) is 0 Å². The lowest BCUT2D eigenvalue weighted by molar-refractivity contribution is -0.126. The van der Waals surface area contributed by atoms with Crippen LogP contribution in [0.15, 0.2) is 18.2 Å². The predicted molar refractivity (Wildman–Crippen MR) is 84.0 cm³/mol. The summed E-state index contributed by atoms with van der Waals surface area (Å²) < 4.78 is 5.48. The van der Waals surface area contributed by atoms with Gasteiger partial charge in [-0.05, 0) is 31.0 Å². The number of hydrogen-bond acceptors (Lipinski definition) is 5. The van der Waals surface area contributed by atoms with Crippen molar-refractivity contribution >= 4 is 28.8 Å². The minimum absolute atomic E-state index is 0.0963. The Balaban J connectivity index is 1.73. The molecule has 0 radical (unpaired) electrons. The van der Waals surface area contributed by atoms with Crippen LogP contribution >= 0.6 is 11.8 Å². The van der Waals surface area contributed by atoms with Crippen LogP contribution in [0.4, 0.5) is 4.79 Å². The van der Waals surface area contributed by atoms with Gasteiger partial charge in [-0.3, -0.25) is 19.3 Å². The summed E-state index contributed by atoms with van der Waals surface area (Å²) in [5.74, 6) is 0.364. The fraction of sp³-hybridized carbons (Fsp3) is 0.400. The number of benzene rings is 1. The van der Waals surface area contributed by atoms with Crippen LogP contribution in [0.3, 0.4) is 0 Å². The first kappa shape index (κ1) is 16.4. The molecule has 1 fully saturated rings. The lowest BCUT2D eigenvalue weighted by Gasteiger charge is -2.14. The molecule has 7 heteroatoms. The van der Waals surface area contributed by atoms with E-state index in [0.29, 0.717) is 5.75 Å². The highest BCUT2D eigenvalue weighted by atomic mass is 32.2. The first-order valence-electron chi connectivity index (χ1n) is 6.91. The van der Waals surface area contributed by atoms with Crippen molar-refractivity contribution in [1.82, 2.24) is 10.2 Å². The molecule has 2 rings (SSSR count). The third-order valence-corrected chi connectivity index (χ3v) is 4.06. The summed E-state index contributed by atoms with van der Waals surface area (Å²) >= 11 is 0.983. The van der Waals surface area contributed by atoms with Crippen molar-refractivity contribution in [2.45, 2.75) is 13.8 Å². The maximum Gasteiger partial charge on any atom is 0.288 e. The van der Waals surface area contributed by atoms with Crippen molar-refractivity contribution < 1.29 is 19.1 Å². The molecule has 0 spiro atoms. The fourth-order valence-corrected chi connectivity index (χ4v) is 2.71. The lowest BCUT2D eigenvalue weighted by Crippen LogP contribution is -2.39. The Morgan fingerprint density at radius 3 is 2.82 bits per heavy atom. The van der Waals surface area contributed by atoms with Crippen molar-refractivity contribution in [3.63, 3.8) is 0 Å². The van der Waals surface area contributed by atoms with Crippen LogP contribution < -0.4 is 10.1 Å². The zero-order valence-electron chi connectivity index (χ0n) is 12.5. The normalized spacial score (nSPS) is 14.4. The highest BCUT2D eigenvalue weighted by Crippen LogP contribution is 2.19. The van der Waals surface area contributed by atoms with Crippen LogP contribution in [0, 0.1) is 13.8 Å². The Morgan fingerprint density at radius 2 is 2.14 bits per heavy atom. The summed E-state index contributed by atoms with van der Waals surface area (Å²) in [4.78, 5) is 35.6. The molecule has 0 aromatic heterocycles. The van der Waals surface area contributed by atoms with Crippen molar-refractivity contribution in [1.29, 1.82) is 0 Å². The summed E-state index contributed by atoms with van der Waals surface area (Å²) in [5.41, 5.74) is 2.02. The third kappa shape index (κ3) is 4.24. The molecule has 1 aromatic carbocycles. The van der Waals surface area contributed by atoms with Gasteiger partial charge in [0.1, 0.15) is 5.75 Å². The molecule has 1 aliphatic rings. The molecule has 1 aromatic rings. The number of ether oxygens (including phenoxy) is 1. The smallest absolute Gasteiger partial charge is 0.288 e.